The molecule has 25 heavy (non-hydrogen) atoms. The van der Waals surface area contributed by atoms with Gasteiger partial charge in [0.05, 0.1) is 23.2 Å². The third-order valence-electron chi connectivity index (χ3n) is 3.11. The van der Waals surface area contributed by atoms with E-state index in [0.29, 0.717) is 5.75 Å². The maximum atomic E-state index is 12.0. The number of nitrogens with zero attached hydrogens (tertiary/aromatic N) is 3. The second-order valence-electron chi connectivity index (χ2n) is 4.69. The normalized spacial score (nSPS) is 10.4. The van der Waals surface area contributed by atoms with E-state index in [0.717, 1.165) is 6.07 Å². The number of rotatable bonds is 6. The van der Waals surface area contributed by atoms with Gasteiger partial charge < -0.3 is 4.74 Å². The lowest BCUT2D eigenvalue weighted by atomic mass is 10.2. The van der Waals surface area contributed by atoms with Gasteiger partial charge in [0.15, 0.2) is 0 Å². The van der Waals surface area contributed by atoms with Crippen LogP contribution in [0.15, 0.2) is 47.6 Å². The molecule has 0 spiro atoms. The number of benzene rings is 2. The molecule has 0 saturated carbocycles. The fourth-order valence-corrected chi connectivity index (χ4v) is 1.92. The van der Waals surface area contributed by atoms with Crippen LogP contribution >= 0.6 is 0 Å². The molecule has 0 aliphatic carbocycles. The van der Waals surface area contributed by atoms with Gasteiger partial charge in [0.25, 0.3) is 17.3 Å². The van der Waals surface area contributed by atoms with Gasteiger partial charge in [-0.2, -0.15) is 5.10 Å². The standard InChI is InChI=1S/C15H12N4O6/c1-25-14-6-5-13(19(23)24)8-11(14)9-16-17-15(20)10-3-2-4-12(7-10)18(21)22/h2-9H,1H3,(H,17,20)/b16-9+. The first-order chi connectivity index (χ1) is 11.9. The Kier molecular flexibility index (Phi) is 5.36. The second kappa shape index (κ2) is 7.64. The van der Waals surface area contributed by atoms with Gasteiger partial charge in [-0.15, -0.1) is 0 Å². The highest BCUT2D eigenvalue weighted by Gasteiger charge is 2.12. The molecule has 128 valence electrons. The molecule has 0 atom stereocenters. The first-order valence-electron chi connectivity index (χ1n) is 6.82. The molecule has 1 N–H and O–H groups in total. The quantitative estimate of drug-likeness (QED) is 0.485. The van der Waals surface area contributed by atoms with Crippen molar-refractivity contribution in [2.75, 3.05) is 7.11 Å². The maximum absolute atomic E-state index is 12.0. The van der Waals surface area contributed by atoms with Crippen molar-refractivity contribution in [1.82, 2.24) is 5.43 Å². The van der Waals surface area contributed by atoms with Gasteiger partial charge in [0.2, 0.25) is 0 Å². The van der Waals surface area contributed by atoms with E-state index in [2.05, 4.69) is 10.5 Å². The zero-order valence-corrected chi connectivity index (χ0v) is 12.9. The summed E-state index contributed by atoms with van der Waals surface area (Å²) in [6.45, 7) is 0. The summed E-state index contributed by atoms with van der Waals surface area (Å²) in [6, 6.07) is 9.06. The van der Waals surface area contributed by atoms with E-state index < -0.39 is 15.8 Å². The van der Waals surface area contributed by atoms with Crippen molar-refractivity contribution in [2.45, 2.75) is 0 Å². The number of nitrogens with one attached hydrogen (secondary N) is 1. The van der Waals surface area contributed by atoms with E-state index in [1.807, 2.05) is 0 Å². The zero-order chi connectivity index (χ0) is 18.4. The molecule has 10 heteroatoms. The van der Waals surface area contributed by atoms with Gasteiger partial charge >= 0.3 is 0 Å². The highest BCUT2D eigenvalue weighted by atomic mass is 16.6. The topological polar surface area (TPSA) is 137 Å². The van der Waals surface area contributed by atoms with Crippen molar-refractivity contribution in [3.05, 3.63) is 73.8 Å². The predicted octanol–water partition coefficient (Wildman–Crippen LogP) is 2.28. The van der Waals surface area contributed by atoms with E-state index in [1.54, 1.807) is 0 Å². The van der Waals surface area contributed by atoms with Crippen LogP contribution in [-0.4, -0.2) is 29.1 Å². The van der Waals surface area contributed by atoms with Crippen molar-refractivity contribution < 1.29 is 19.4 Å². The molecule has 2 aromatic carbocycles. The SMILES string of the molecule is COc1ccc([N+](=O)[O-])cc1/C=N/NC(=O)c1cccc([N+](=O)[O-])c1. The van der Waals surface area contributed by atoms with Gasteiger partial charge in [-0.3, -0.25) is 25.0 Å². The van der Waals surface area contributed by atoms with Gasteiger partial charge in [-0.1, -0.05) is 6.07 Å². The Morgan fingerprint density at radius 2 is 1.80 bits per heavy atom. The van der Waals surface area contributed by atoms with Crippen molar-refractivity contribution in [3.8, 4) is 5.75 Å². The lowest BCUT2D eigenvalue weighted by Crippen LogP contribution is -2.17. The van der Waals surface area contributed by atoms with E-state index in [4.69, 9.17) is 4.74 Å². The van der Waals surface area contributed by atoms with Crippen LogP contribution in [0.3, 0.4) is 0 Å². The van der Waals surface area contributed by atoms with Gasteiger partial charge in [-0.25, -0.2) is 5.43 Å². The van der Waals surface area contributed by atoms with Crippen LogP contribution in [0.5, 0.6) is 5.75 Å². The average molecular weight is 344 g/mol. The number of hydrogen-bond donors (Lipinski definition) is 1. The highest BCUT2D eigenvalue weighted by molar-refractivity contribution is 5.95. The summed E-state index contributed by atoms with van der Waals surface area (Å²) in [7, 11) is 1.39. The molecule has 0 aliphatic rings. The number of hydrazone groups is 1. The number of amides is 1. The number of nitro groups is 2. The van der Waals surface area contributed by atoms with E-state index in [-0.39, 0.29) is 22.5 Å². The molecule has 0 fully saturated rings. The minimum atomic E-state index is -0.663. The Bertz CT molecular complexity index is 865. The minimum Gasteiger partial charge on any atom is -0.496 e. The maximum Gasteiger partial charge on any atom is 0.271 e. The Morgan fingerprint density at radius 3 is 2.44 bits per heavy atom. The van der Waals surface area contributed by atoms with E-state index in [9.17, 15) is 25.0 Å². The Labute approximate surface area is 141 Å². The molecular formula is C15H12N4O6. The summed E-state index contributed by atoms with van der Waals surface area (Å²) in [5.41, 5.74) is 2.15. The molecule has 0 radical (unpaired) electrons. The molecule has 10 nitrogen and oxygen atoms in total. The fraction of sp³-hybridized carbons (Fsp3) is 0.0667. The lowest BCUT2D eigenvalue weighted by Gasteiger charge is -2.04. The molecule has 0 bridgehead atoms. The Hall–Kier alpha value is -3.82. The third kappa shape index (κ3) is 4.34. The first kappa shape index (κ1) is 17.5. The molecule has 0 aliphatic heterocycles. The summed E-state index contributed by atoms with van der Waals surface area (Å²) < 4.78 is 5.06. The molecule has 0 unspecified atom stereocenters. The van der Waals surface area contributed by atoms with Crippen molar-refractivity contribution in [3.63, 3.8) is 0 Å². The molecule has 0 saturated heterocycles. The summed E-state index contributed by atoms with van der Waals surface area (Å²) in [6.07, 6.45) is 1.18. The molecule has 1 amide bonds. The van der Waals surface area contributed by atoms with Crippen LogP contribution < -0.4 is 10.2 Å². The number of carbonyl (C=O) groups is 1. The summed E-state index contributed by atoms with van der Waals surface area (Å²) in [5, 5.41) is 25.2. The number of hydrogen-bond acceptors (Lipinski definition) is 7. The van der Waals surface area contributed by atoms with Crippen molar-refractivity contribution in [1.29, 1.82) is 0 Å². The summed E-state index contributed by atoms with van der Waals surface area (Å²) >= 11 is 0. The lowest BCUT2D eigenvalue weighted by molar-refractivity contribution is -0.385. The zero-order valence-electron chi connectivity index (χ0n) is 12.9. The van der Waals surface area contributed by atoms with E-state index in [1.165, 1.54) is 49.7 Å². The summed E-state index contributed by atoms with van der Waals surface area (Å²) in [4.78, 5) is 32.3. The smallest absolute Gasteiger partial charge is 0.271 e. The number of carbonyl (C=O) groups excluding carboxylic acids is 1. The highest BCUT2D eigenvalue weighted by Crippen LogP contribution is 2.22. The number of non-ortho nitro benzene ring substituents is 2. The van der Waals surface area contributed by atoms with E-state index >= 15 is 0 Å². The molecule has 2 rings (SSSR count). The van der Waals surface area contributed by atoms with Crippen molar-refractivity contribution in [2.24, 2.45) is 5.10 Å². The second-order valence-corrected chi connectivity index (χ2v) is 4.69. The van der Waals surface area contributed by atoms with Crippen LogP contribution in [0.4, 0.5) is 11.4 Å². The summed E-state index contributed by atoms with van der Waals surface area (Å²) in [5.74, 6) is -0.330. The third-order valence-corrected chi connectivity index (χ3v) is 3.11. The van der Waals surface area contributed by atoms with Crippen LogP contribution in [0.25, 0.3) is 0 Å². The minimum absolute atomic E-state index is 0.0531. The fourth-order valence-electron chi connectivity index (χ4n) is 1.92. The Balaban J connectivity index is 2.16. The molecule has 0 aromatic heterocycles. The van der Waals surface area contributed by atoms with Crippen LogP contribution in [-0.2, 0) is 0 Å². The van der Waals surface area contributed by atoms with Crippen LogP contribution in [0.2, 0.25) is 0 Å². The van der Waals surface area contributed by atoms with Crippen LogP contribution in [0.1, 0.15) is 15.9 Å². The number of ether oxygens (including phenoxy) is 1. The monoisotopic (exact) mass is 344 g/mol. The number of methoxy groups -OCH3 is 1. The van der Waals surface area contributed by atoms with Crippen molar-refractivity contribution >= 4 is 23.5 Å². The van der Waals surface area contributed by atoms with Gasteiger partial charge in [0, 0.05) is 35.4 Å². The molecule has 2 aromatic rings. The van der Waals surface area contributed by atoms with Gasteiger partial charge in [0.1, 0.15) is 5.75 Å². The first-order valence-corrected chi connectivity index (χ1v) is 6.82. The number of nitro benzene ring substituents is 2. The Morgan fingerprint density at radius 1 is 1.12 bits per heavy atom. The average Bonchev–Trinajstić information content (AvgIpc) is 2.61. The van der Waals surface area contributed by atoms with Gasteiger partial charge in [-0.05, 0) is 12.1 Å². The predicted molar refractivity (Wildman–Crippen MR) is 87.8 cm³/mol. The molecular weight excluding hydrogens is 332 g/mol. The largest absolute Gasteiger partial charge is 0.496 e. The van der Waals surface area contributed by atoms with Crippen LogP contribution in [0, 0.1) is 20.2 Å². The molecule has 0 heterocycles.